The van der Waals surface area contributed by atoms with Gasteiger partial charge in [0.25, 0.3) is 0 Å². The predicted molar refractivity (Wildman–Crippen MR) is 80.2 cm³/mol. The van der Waals surface area contributed by atoms with Crippen LogP contribution in [0.2, 0.25) is 0 Å². The molecule has 0 spiro atoms. The maximum Gasteiger partial charge on any atom is 0.228 e. The number of carbonyl (C=O) groups is 1. The number of pyridine rings is 1. The number of amides is 1. The fourth-order valence-electron chi connectivity index (χ4n) is 2.02. The van der Waals surface area contributed by atoms with E-state index in [1.807, 2.05) is 0 Å². The zero-order valence-corrected chi connectivity index (χ0v) is 12.2. The molecular formula is C15H25N3O2. The van der Waals surface area contributed by atoms with Gasteiger partial charge in [-0.3, -0.25) is 9.78 Å². The third-order valence-corrected chi connectivity index (χ3v) is 3.18. The number of nitrogens with two attached hydrogens (primary N) is 1. The van der Waals surface area contributed by atoms with Crippen LogP contribution in [0.3, 0.4) is 0 Å². The first-order valence-electron chi connectivity index (χ1n) is 7.26. The highest BCUT2D eigenvalue weighted by molar-refractivity contribution is 5.78. The number of hydrogen-bond donors (Lipinski definition) is 2. The van der Waals surface area contributed by atoms with Crippen LogP contribution in [0.4, 0.5) is 5.69 Å². The maximum atomic E-state index is 12.2. The van der Waals surface area contributed by atoms with Gasteiger partial charge >= 0.3 is 0 Å². The molecule has 1 rings (SSSR count). The fraction of sp³-hybridized carbons (Fsp3) is 0.600. The van der Waals surface area contributed by atoms with Gasteiger partial charge in [0.15, 0.2) is 0 Å². The van der Waals surface area contributed by atoms with Crippen molar-refractivity contribution in [2.24, 2.45) is 0 Å². The van der Waals surface area contributed by atoms with Gasteiger partial charge in [0.1, 0.15) is 0 Å². The number of carbonyl (C=O) groups excluding carboxylic acids is 1. The summed E-state index contributed by atoms with van der Waals surface area (Å²) in [4.78, 5) is 18.0. The summed E-state index contributed by atoms with van der Waals surface area (Å²) >= 11 is 0. The normalized spacial score (nSPS) is 10.5. The summed E-state index contributed by atoms with van der Waals surface area (Å²) in [5, 5.41) is 9.06. The van der Waals surface area contributed by atoms with Crippen molar-refractivity contribution in [2.45, 2.75) is 39.0 Å². The molecular weight excluding hydrogens is 254 g/mol. The minimum atomic E-state index is -0.00527. The van der Waals surface area contributed by atoms with Crippen molar-refractivity contribution in [3.05, 3.63) is 24.0 Å². The predicted octanol–water partition coefficient (Wildman–Crippen LogP) is 1.61. The van der Waals surface area contributed by atoms with Crippen molar-refractivity contribution in [3.63, 3.8) is 0 Å². The summed E-state index contributed by atoms with van der Waals surface area (Å²) in [6.07, 6.45) is 6.26. The molecule has 0 atom stereocenters. The molecule has 0 saturated heterocycles. The summed E-state index contributed by atoms with van der Waals surface area (Å²) in [7, 11) is 0. The van der Waals surface area contributed by atoms with Crippen LogP contribution in [0, 0.1) is 0 Å². The molecule has 5 nitrogen and oxygen atoms in total. The maximum absolute atomic E-state index is 12.2. The van der Waals surface area contributed by atoms with Crippen molar-refractivity contribution in [1.82, 2.24) is 9.88 Å². The molecule has 0 unspecified atom stereocenters. The average molecular weight is 279 g/mol. The van der Waals surface area contributed by atoms with E-state index in [4.69, 9.17) is 10.8 Å². The van der Waals surface area contributed by atoms with E-state index in [1.165, 1.54) is 12.8 Å². The first-order valence-corrected chi connectivity index (χ1v) is 7.26. The second kappa shape index (κ2) is 9.31. The van der Waals surface area contributed by atoms with E-state index in [2.05, 4.69) is 11.9 Å². The molecule has 0 bridgehead atoms. The molecule has 1 aromatic heterocycles. The molecule has 1 amide bonds. The molecule has 0 radical (unpaired) electrons. The van der Waals surface area contributed by atoms with Crippen LogP contribution in [0.15, 0.2) is 18.3 Å². The Morgan fingerprint density at radius 2 is 2.10 bits per heavy atom. The number of nitrogen functional groups attached to an aromatic ring is 1. The molecule has 20 heavy (non-hydrogen) atoms. The van der Waals surface area contributed by atoms with E-state index in [-0.39, 0.29) is 18.9 Å². The van der Waals surface area contributed by atoms with Crippen LogP contribution in [-0.4, -0.2) is 40.6 Å². The molecule has 1 aromatic rings. The zero-order chi connectivity index (χ0) is 14.8. The number of rotatable bonds is 9. The number of nitrogens with zero attached hydrogens (tertiary/aromatic N) is 2. The largest absolute Gasteiger partial charge is 0.397 e. The van der Waals surface area contributed by atoms with E-state index in [1.54, 1.807) is 23.2 Å². The first kappa shape index (κ1) is 16.4. The quantitative estimate of drug-likeness (QED) is 0.673. The number of aliphatic hydroxyl groups is 1. The van der Waals surface area contributed by atoms with Crippen LogP contribution >= 0.6 is 0 Å². The summed E-state index contributed by atoms with van der Waals surface area (Å²) in [6, 6.07) is 3.51. The highest BCUT2D eigenvalue weighted by Gasteiger charge is 2.13. The summed E-state index contributed by atoms with van der Waals surface area (Å²) in [5.41, 5.74) is 6.87. The van der Waals surface area contributed by atoms with Gasteiger partial charge in [-0.05, 0) is 18.6 Å². The number of anilines is 1. The van der Waals surface area contributed by atoms with Gasteiger partial charge in [0, 0.05) is 18.8 Å². The highest BCUT2D eigenvalue weighted by Crippen LogP contribution is 2.06. The molecule has 0 aliphatic carbocycles. The van der Waals surface area contributed by atoms with Gasteiger partial charge in [-0.1, -0.05) is 26.2 Å². The third-order valence-electron chi connectivity index (χ3n) is 3.18. The third kappa shape index (κ3) is 6.02. The Morgan fingerprint density at radius 3 is 2.70 bits per heavy atom. The Balaban J connectivity index is 2.48. The Kier molecular flexibility index (Phi) is 7.65. The van der Waals surface area contributed by atoms with E-state index in [0.717, 1.165) is 12.8 Å². The van der Waals surface area contributed by atoms with Crippen LogP contribution < -0.4 is 5.73 Å². The molecule has 112 valence electrons. The first-order chi connectivity index (χ1) is 9.67. The van der Waals surface area contributed by atoms with Gasteiger partial charge in [-0.2, -0.15) is 0 Å². The second-order valence-electron chi connectivity index (χ2n) is 4.92. The van der Waals surface area contributed by atoms with Crippen molar-refractivity contribution in [1.29, 1.82) is 0 Å². The molecule has 0 saturated carbocycles. The van der Waals surface area contributed by atoms with Gasteiger partial charge in [0.2, 0.25) is 5.91 Å². The molecule has 0 aliphatic rings. The Bertz CT molecular complexity index is 393. The van der Waals surface area contributed by atoms with Crippen LogP contribution in [0.1, 0.15) is 38.3 Å². The van der Waals surface area contributed by atoms with Gasteiger partial charge in [0.05, 0.1) is 24.9 Å². The minimum absolute atomic E-state index is 0.00527. The van der Waals surface area contributed by atoms with Crippen molar-refractivity contribution < 1.29 is 9.90 Å². The molecule has 1 heterocycles. The number of unbranched alkanes of at least 4 members (excludes halogenated alkanes) is 3. The zero-order valence-electron chi connectivity index (χ0n) is 12.2. The van der Waals surface area contributed by atoms with E-state index in [9.17, 15) is 4.79 Å². The monoisotopic (exact) mass is 279 g/mol. The Hall–Kier alpha value is -1.62. The second-order valence-corrected chi connectivity index (χ2v) is 4.92. The van der Waals surface area contributed by atoms with Gasteiger partial charge < -0.3 is 15.7 Å². The summed E-state index contributed by atoms with van der Waals surface area (Å²) in [5.74, 6) is 0.00724. The smallest absolute Gasteiger partial charge is 0.228 e. The van der Waals surface area contributed by atoms with Crippen LogP contribution in [0.25, 0.3) is 0 Å². The van der Waals surface area contributed by atoms with Crippen molar-refractivity contribution in [3.8, 4) is 0 Å². The lowest BCUT2D eigenvalue weighted by atomic mass is 10.2. The van der Waals surface area contributed by atoms with Crippen LogP contribution in [0.5, 0.6) is 0 Å². The minimum Gasteiger partial charge on any atom is -0.397 e. The average Bonchev–Trinajstić information content (AvgIpc) is 2.44. The molecule has 0 fully saturated rings. The Labute approximate surface area is 120 Å². The lowest BCUT2D eigenvalue weighted by Gasteiger charge is -2.21. The van der Waals surface area contributed by atoms with Crippen molar-refractivity contribution in [2.75, 3.05) is 25.4 Å². The number of aliphatic hydroxyl groups excluding tert-OH is 1. The number of aromatic nitrogens is 1. The number of hydrogen-bond acceptors (Lipinski definition) is 4. The SMILES string of the molecule is CCCCCCN(CCO)C(=O)Cc1ccc(N)cn1. The van der Waals surface area contributed by atoms with E-state index in [0.29, 0.717) is 24.5 Å². The Morgan fingerprint density at radius 1 is 1.30 bits per heavy atom. The van der Waals surface area contributed by atoms with Gasteiger partial charge in [-0.15, -0.1) is 0 Å². The lowest BCUT2D eigenvalue weighted by molar-refractivity contribution is -0.131. The molecule has 0 aromatic carbocycles. The molecule has 0 aliphatic heterocycles. The molecule has 5 heteroatoms. The fourth-order valence-corrected chi connectivity index (χ4v) is 2.02. The highest BCUT2D eigenvalue weighted by atomic mass is 16.3. The van der Waals surface area contributed by atoms with Crippen LogP contribution in [-0.2, 0) is 11.2 Å². The standard InChI is InChI=1S/C15H25N3O2/c1-2-3-4-5-8-18(9-10-19)15(20)11-14-7-6-13(16)12-17-14/h6-7,12,19H,2-5,8-11,16H2,1H3. The lowest BCUT2D eigenvalue weighted by Crippen LogP contribution is -2.35. The van der Waals surface area contributed by atoms with Gasteiger partial charge in [-0.25, -0.2) is 0 Å². The van der Waals surface area contributed by atoms with Crippen molar-refractivity contribution >= 4 is 11.6 Å². The van der Waals surface area contributed by atoms with E-state index < -0.39 is 0 Å². The summed E-state index contributed by atoms with van der Waals surface area (Å²) < 4.78 is 0. The topological polar surface area (TPSA) is 79.5 Å². The molecule has 3 N–H and O–H groups in total. The van der Waals surface area contributed by atoms with E-state index >= 15 is 0 Å². The summed E-state index contributed by atoms with van der Waals surface area (Å²) in [6.45, 7) is 3.24.